The van der Waals surface area contributed by atoms with Gasteiger partial charge >= 0.3 is 0 Å². The number of aryl methyl sites for hydroxylation is 1. The normalized spacial score (nSPS) is 26.7. The van der Waals surface area contributed by atoms with Crippen LogP contribution in [0.3, 0.4) is 0 Å². The number of benzene rings is 1. The Morgan fingerprint density at radius 3 is 2.23 bits per heavy atom. The first-order valence-electron chi connectivity index (χ1n) is 19.6. The van der Waals surface area contributed by atoms with Crippen LogP contribution in [0.5, 0.6) is 0 Å². The van der Waals surface area contributed by atoms with Crippen molar-refractivity contribution in [3.8, 4) is 11.3 Å². The number of nitrogens with zero attached hydrogens (tertiary/aromatic N) is 4. The lowest BCUT2D eigenvalue weighted by atomic mass is 9.83. The molecule has 12 heteroatoms. The maximum Gasteiger partial charge on any atom is 0.192 e. The second kappa shape index (κ2) is 14.2. The molecule has 53 heavy (non-hydrogen) atoms. The minimum absolute atomic E-state index is 0.00520. The Morgan fingerprint density at radius 2 is 1.60 bits per heavy atom. The van der Waals surface area contributed by atoms with Crippen molar-refractivity contribution in [2.24, 2.45) is 11.8 Å². The van der Waals surface area contributed by atoms with Crippen molar-refractivity contribution in [3.05, 3.63) is 59.7 Å². The van der Waals surface area contributed by atoms with Gasteiger partial charge in [0.2, 0.25) is 0 Å². The smallest absolute Gasteiger partial charge is 0.192 e. The van der Waals surface area contributed by atoms with Crippen molar-refractivity contribution in [1.82, 2.24) is 19.7 Å². The maximum atomic E-state index is 7.52. The summed E-state index contributed by atoms with van der Waals surface area (Å²) < 4.78 is 30.5. The molecule has 1 saturated heterocycles. The van der Waals surface area contributed by atoms with Crippen LogP contribution >= 0.6 is 11.8 Å². The van der Waals surface area contributed by atoms with E-state index in [2.05, 4.69) is 101 Å². The Bertz CT molecular complexity index is 1920. The van der Waals surface area contributed by atoms with Crippen molar-refractivity contribution in [2.45, 2.75) is 147 Å². The number of fused-ring (bicyclic) bond motifs is 3. The van der Waals surface area contributed by atoms with Gasteiger partial charge in [-0.05, 0) is 85.8 Å². The minimum Gasteiger partial charge on any atom is -0.408 e. The topological polar surface area (TPSA) is 110 Å². The van der Waals surface area contributed by atoms with E-state index in [-0.39, 0.29) is 28.4 Å². The standard InChI is InChI=1S/C41H61N5O4SSi2/c1-25-31(34(48-45-25)27-15-13-12-14-16-27)22-51-23-32-35(49-52(8,9)40(2,3)4)36(50-53(10,11)41(5,6)7)39(47-32)46-21-30(29-20-26-17-18-28(29)19-26)33-37(42)43-24-44-38(33)46/h12-16,21,24,26,28-29,32,35-36,39H,17-20,22-23H2,1-11H3,(H2,42,43,44)/t26-,28+,29?,32-,35-,36-,39-/m1/s1. The first-order chi connectivity index (χ1) is 24.9. The van der Waals surface area contributed by atoms with Crippen LogP contribution in [-0.2, 0) is 19.3 Å². The fourth-order valence-corrected chi connectivity index (χ4v) is 12.0. The Labute approximate surface area is 322 Å². The van der Waals surface area contributed by atoms with Crippen molar-refractivity contribution in [2.75, 3.05) is 11.5 Å². The fraction of sp³-hybridized carbons (Fsp3) is 0.634. The van der Waals surface area contributed by atoms with Crippen molar-refractivity contribution >= 4 is 45.2 Å². The molecule has 2 bridgehead atoms. The molecule has 0 amide bonds. The average molecular weight is 776 g/mol. The zero-order valence-electron chi connectivity index (χ0n) is 33.7. The van der Waals surface area contributed by atoms with Crippen LogP contribution in [0, 0.1) is 18.8 Å². The summed E-state index contributed by atoms with van der Waals surface area (Å²) in [7, 11) is -4.60. The zero-order valence-corrected chi connectivity index (χ0v) is 36.5. The molecular weight excluding hydrogens is 715 g/mol. The Morgan fingerprint density at radius 1 is 0.925 bits per heavy atom. The second-order valence-corrected chi connectivity index (χ2v) is 29.5. The van der Waals surface area contributed by atoms with E-state index >= 15 is 0 Å². The Balaban J connectivity index is 1.29. The molecule has 7 rings (SSSR count). The van der Waals surface area contributed by atoms with Crippen LogP contribution in [0.25, 0.3) is 22.4 Å². The van der Waals surface area contributed by atoms with Crippen LogP contribution in [0.4, 0.5) is 5.82 Å². The lowest BCUT2D eigenvalue weighted by Gasteiger charge is -2.44. The van der Waals surface area contributed by atoms with Gasteiger partial charge in [-0.15, -0.1) is 0 Å². The van der Waals surface area contributed by atoms with Gasteiger partial charge in [0, 0.05) is 28.8 Å². The Kier molecular flexibility index (Phi) is 10.4. The summed E-state index contributed by atoms with van der Waals surface area (Å²) in [6.45, 7) is 25.2. The van der Waals surface area contributed by atoms with Crippen LogP contribution in [0.15, 0.2) is 47.4 Å². The second-order valence-electron chi connectivity index (χ2n) is 18.9. The van der Waals surface area contributed by atoms with E-state index in [0.29, 0.717) is 17.7 Å². The third-order valence-electron chi connectivity index (χ3n) is 13.4. The van der Waals surface area contributed by atoms with Crippen molar-refractivity contribution < 1.29 is 18.1 Å². The summed E-state index contributed by atoms with van der Waals surface area (Å²) in [4.78, 5) is 9.43. The first-order valence-corrected chi connectivity index (χ1v) is 26.5. The van der Waals surface area contributed by atoms with Gasteiger partial charge in [-0.25, -0.2) is 9.97 Å². The lowest BCUT2D eigenvalue weighted by Crippen LogP contribution is -2.53. The summed E-state index contributed by atoms with van der Waals surface area (Å²) in [6.07, 6.45) is 7.76. The van der Waals surface area contributed by atoms with Crippen molar-refractivity contribution in [3.63, 3.8) is 0 Å². The molecule has 3 aliphatic rings. The molecule has 0 radical (unpaired) electrons. The molecule has 0 spiro atoms. The number of hydrogen-bond donors (Lipinski definition) is 1. The van der Waals surface area contributed by atoms with E-state index in [1.54, 1.807) is 6.33 Å². The van der Waals surface area contributed by atoms with Crippen molar-refractivity contribution in [1.29, 1.82) is 0 Å². The van der Waals surface area contributed by atoms with E-state index < -0.39 is 22.9 Å². The molecule has 288 valence electrons. The number of nitrogen functional groups attached to an aromatic ring is 1. The highest BCUT2D eigenvalue weighted by atomic mass is 32.2. The molecule has 9 nitrogen and oxygen atoms in total. The third-order valence-corrected chi connectivity index (χ3v) is 23.4. The van der Waals surface area contributed by atoms with Crippen LogP contribution in [0.2, 0.25) is 36.3 Å². The monoisotopic (exact) mass is 775 g/mol. The number of rotatable bonds is 11. The van der Waals surface area contributed by atoms with Crippen LogP contribution in [0.1, 0.15) is 96.2 Å². The van der Waals surface area contributed by atoms with Gasteiger partial charge in [0.25, 0.3) is 0 Å². The van der Waals surface area contributed by atoms with Crippen LogP contribution in [-0.4, -0.2) is 60.4 Å². The van der Waals surface area contributed by atoms with Gasteiger partial charge in [-0.1, -0.05) is 83.5 Å². The lowest BCUT2D eigenvalue weighted by molar-refractivity contribution is -0.0245. The maximum absolute atomic E-state index is 7.52. The number of ether oxygens (including phenoxy) is 1. The molecule has 1 aromatic carbocycles. The molecule has 1 aliphatic heterocycles. The van der Waals surface area contributed by atoms with Gasteiger partial charge in [0.1, 0.15) is 30.0 Å². The summed E-state index contributed by atoms with van der Waals surface area (Å²) in [5.41, 5.74) is 11.9. The third kappa shape index (κ3) is 7.33. The Hall–Kier alpha value is -2.49. The molecule has 7 atom stereocenters. The molecule has 1 unspecified atom stereocenters. The molecular formula is C41H61N5O4SSi2. The highest BCUT2D eigenvalue weighted by Gasteiger charge is 2.55. The van der Waals surface area contributed by atoms with E-state index in [9.17, 15) is 0 Å². The van der Waals surface area contributed by atoms with E-state index in [0.717, 1.165) is 51.0 Å². The predicted molar refractivity (Wildman–Crippen MR) is 221 cm³/mol. The van der Waals surface area contributed by atoms with Gasteiger partial charge in [0.15, 0.2) is 28.6 Å². The van der Waals surface area contributed by atoms with Crippen LogP contribution < -0.4 is 5.73 Å². The fourth-order valence-electron chi connectivity index (χ4n) is 8.26. The summed E-state index contributed by atoms with van der Waals surface area (Å²) >= 11 is 1.84. The van der Waals surface area contributed by atoms with Gasteiger partial charge in [-0.3, -0.25) is 0 Å². The number of nitrogens with two attached hydrogens (primary N) is 1. The largest absolute Gasteiger partial charge is 0.408 e. The van der Waals surface area contributed by atoms with E-state index in [4.69, 9.17) is 28.8 Å². The van der Waals surface area contributed by atoms with Gasteiger partial charge in [-0.2, -0.15) is 11.8 Å². The quantitative estimate of drug-likeness (QED) is 0.149. The number of anilines is 1. The molecule has 2 saturated carbocycles. The van der Waals surface area contributed by atoms with Gasteiger partial charge < -0.3 is 28.4 Å². The molecule has 2 N–H and O–H groups in total. The summed E-state index contributed by atoms with van der Waals surface area (Å²) in [5, 5.41) is 5.34. The molecule has 4 aromatic rings. The molecule has 4 heterocycles. The minimum atomic E-state index is -2.32. The zero-order chi connectivity index (χ0) is 38.1. The number of thioether (sulfide) groups is 1. The van der Waals surface area contributed by atoms with Gasteiger partial charge in [0.05, 0.1) is 17.2 Å². The summed E-state index contributed by atoms with van der Waals surface area (Å²) in [5.74, 6) is 4.79. The highest BCUT2D eigenvalue weighted by Crippen LogP contribution is 2.55. The summed E-state index contributed by atoms with van der Waals surface area (Å²) in [6, 6.07) is 10.2. The number of aromatic nitrogens is 4. The highest BCUT2D eigenvalue weighted by molar-refractivity contribution is 7.98. The average Bonchev–Trinajstić information content (AvgIpc) is 3.91. The van der Waals surface area contributed by atoms with E-state index in [1.807, 2.05) is 36.9 Å². The molecule has 3 aromatic heterocycles. The SMILES string of the molecule is Cc1noc(-c2ccccc2)c1CSC[C@H]1O[C@@H](n2cc(C3C[C@@H]4CC[C@H]3C4)c3c(N)ncnc32)[C@H](O[Si](C)(C)C(C)(C)C)[C@@H]1O[Si](C)(C)C(C)(C)C. The van der Waals surface area contributed by atoms with E-state index in [1.165, 1.54) is 31.2 Å². The first kappa shape index (κ1) is 38.8. The molecule has 3 fully saturated rings. The number of hydrogen-bond acceptors (Lipinski definition) is 9. The predicted octanol–water partition coefficient (Wildman–Crippen LogP) is 10.5. The molecule has 2 aliphatic carbocycles.